The second-order valence-electron chi connectivity index (χ2n) is 5.40. The van der Waals surface area contributed by atoms with E-state index in [1.807, 2.05) is 48.1 Å². The van der Waals surface area contributed by atoms with Crippen LogP contribution in [0.3, 0.4) is 0 Å². The highest BCUT2D eigenvalue weighted by atomic mass is 35.5. The van der Waals surface area contributed by atoms with Crippen LogP contribution in [-0.2, 0) is 13.6 Å². The highest BCUT2D eigenvalue weighted by molar-refractivity contribution is 6.30. The van der Waals surface area contributed by atoms with Gasteiger partial charge in [0.2, 0.25) is 0 Å². The van der Waals surface area contributed by atoms with Crippen molar-refractivity contribution in [1.29, 1.82) is 0 Å². The van der Waals surface area contributed by atoms with Crippen LogP contribution in [0.5, 0.6) is 0 Å². The van der Waals surface area contributed by atoms with Gasteiger partial charge in [-0.25, -0.2) is 9.37 Å². The molecule has 1 aromatic heterocycles. The van der Waals surface area contributed by atoms with E-state index in [9.17, 15) is 4.39 Å². The van der Waals surface area contributed by atoms with E-state index in [0.717, 1.165) is 17.0 Å². The van der Waals surface area contributed by atoms with E-state index in [4.69, 9.17) is 11.6 Å². The summed E-state index contributed by atoms with van der Waals surface area (Å²) in [6.45, 7) is 0.606. The summed E-state index contributed by atoms with van der Waals surface area (Å²) in [5, 5.41) is 4.14. The summed E-state index contributed by atoms with van der Waals surface area (Å²) in [6, 6.07) is 14.0. The van der Waals surface area contributed by atoms with Crippen LogP contribution in [0, 0.1) is 5.82 Å². The van der Waals surface area contributed by atoms with Gasteiger partial charge in [-0.3, -0.25) is 5.32 Å². The zero-order valence-electron chi connectivity index (χ0n) is 12.7. The number of aryl methyl sites for hydroxylation is 1. The molecule has 0 unspecified atom stereocenters. The molecule has 0 aliphatic heterocycles. The van der Waals surface area contributed by atoms with Crippen LogP contribution >= 0.6 is 11.6 Å². The standard InChI is InChI=1S/C18H17ClFN3/c1-23-9-8-21-18(23)17(14-5-3-7-16(20)11-14)22-12-13-4-2-6-15(19)10-13/h2-11,17,22H,12H2,1H3/t17-/m1/s1. The van der Waals surface area contributed by atoms with Crippen molar-refractivity contribution in [2.24, 2.45) is 7.05 Å². The van der Waals surface area contributed by atoms with Crippen molar-refractivity contribution in [3.8, 4) is 0 Å². The van der Waals surface area contributed by atoms with Gasteiger partial charge >= 0.3 is 0 Å². The lowest BCUT2D eigenvalue weighted by Gasteiger charge is -2.19. The van der Waals surface area contributed by atoms with Gasteiger partial charge in [0, 0.05) is 31.0 Å². The summed E-state index contributed by atoms with van der Waals surface area (Å²) in [5.74, 6) is 0.573. The average Bonchev–Trinajstić information content (AvgIpc) is 2.94. The third-order valence-electron chi connectivity index (χ3n) is 3.70. The number of hydrogen-bond acceptors (Lipinski definition) is 2. The van der Waals surface area contributed by atoms with Crippen molar-refractivity contribution >= 4 is 11.6 Å². The first-order chi connectivity index (χ1) is 11.1. The van der Waals surface area contributed by atoms with Crippen molar-refractivity contribution in [3.05, 3.63) is 88.7 Å². The Morgan fingerprint density at radius 3 is 2.74 bits per heavy atom. The second kappa shape index (κ2) is 6.94. The van der Waals surface area contributed by atoms with Gasteiger partial charge in [-0.2, -0.15) is 0 Å². The van der Waals surface area contributed by atoms with Gasteiger partial charge in [-0.15, -0.1) is 0 Å². The maximum atomic E-state index is 13.6. The lowest BCUT2D eigenvalue weighted by molar-refractivity contribution is 0.551. The fourth-order valence-electron chi connectivity index (χ4n) is 2.57. The number of nitrogens with one attached hydrogen (secondary N) is 1. The van der Waals surface area contributed by atoms with E-state index in [1.165, 1.54) is 12.1 Å². The maximum absolute atomic E-state index is 13.6. The number of nitrogens with zero attached hydrogens (tertiary/aromatic N) is 2. The van der Waals surface area contributed by atoms with Crippen molar-refractivity contribution in [2.75, 3.05) is 0 Å². The molecule has 1 heterocycles. The Morgan fingerprint density at radius 1 is 1.22 bits per heavy atom. The molecule has 0 saturated heterocycles. The molecule has 1 N–H and O–H groups in total. The Kier molecular flexibility index (Phi) is 4.74. The Labute approximate surface area is 139 Å². The molecule has 3 nitrogen and oxygen atoms in total. The molecule has 0 spiro atoms. The maximum Gasteiger partial charge on any atom is 0.130 e. The van der Waals surface area contributed by atoms with Crippen LogP contribution in [0.4, 0.5) is 4.39 Å². The summed E-state index contributed by atoms with van der Waals surface area (Å²) < 4.78 is 15.5. The lowest BCUT2D eigenvalue weighted by atomic mass is 10.1. The fraction of sp³-hybridized carbons (Fsp3) is 0.167. The highest BCUT2D eigenvalue weighted by Gasteiger charge is 2.18. The quantitative estimate of drug-likeness (QED) is 0.764. The number of aromatic nitrogens is 2. The van der Waals surface area contributed by atoms with Crippen molar-refractivity contribution in [3.63, 3.8) is 0 Å². The summed E-state index contributed by atoms with van der Waals surface area (Å²) >= 11 is 6.03. The first kappa shape index (κ1) is 15.7. The normalized spacial score (nSPS) is 12.3. The van der Waals surface area contributed by atoms with Crippen molar-refractivity contribution < 1.29 is 4.39 Å². The largest absolute Gasteiger partial charge is 0.336 e. The zero-order valence-corrected chi connectivity index (χ0v) is 13.5. The van der Waals surface area contributed by atoms with Gasteiger partial charge < -0.3 is 4.57 Å². The summed E-state index contributed by atoms with van der Waals surface area (Å²) in [5.41, 5.74) is 1.90. The molecule has 0 amide bonds. The summed E-state index contributed by atoms with van der Waals surface area (Å²) in [4.78, 5) is 4.40. The Bertz CT molecular complexity index is 800. The van der Waals surface area contributed by atoms with Gasteiger partial charge in [0.15, 0.2) is 0 Å². The molecule has 1 atom stereocenters. The first-order valence-corrected chi connectivity index (χ1v) is 7.72. The fourth-order valence-corrected chi connectivity index (χ4v) is 2.78. The van der Waals surface area contributed by atoms with E-state index < -0.39 is 0 Å². The minimum absolute atomic E-state index is 0.204. The monoisotopic (exact) mass is 329 g/mol. The van der Waals surface area contributed by atoms with Crippen LogP contribution in [-0.4, -0.2) is 9.55 Å². The van der Waals surface area contributed by atoms with Crippen molar-refractivity contribution in [2.45, 2.75) is 12.6 Å². The number of rotatable bonds is 5. The molecule has 5 heteroatoms. The molecule has 0 radical (unpaired) electrons. The minimum atomic E-state index is -0.258. The molecule has 3 aromatic rings. The van der Waals surface area contributed by atoms with Crippen molar-refractivity contribution in [1.82, 2.24) is 14.9 Å². The molecule has 0 aliphatic carbocycles. The van der Waals surface area contributed by atoms with E-state index in [0.29, 0.717) is 11.6 Å². The van der Waals surface area contributed by atoms with E-state index >= 15 is 0 Å². The predicted molar refractivity (Wildman–Crippen MR) is 89.7 cm³/mol. The molecular weight excluding hydrogens is 313 g/mol. The minimum Gasteiger partial charge on any atom is -0.336 e. The van der Waals surface area contributed by atoms with Crippen LogP contribution in [0.2, 0.25) is 5.02 Å². The summed E-state index contributed by atoms with van der Waals surface area (Å²) in [6.07, 6.45) is 3.62. The molecular formula is C18H17ClFN3. The van der Waals surface area contributed by atoms with Gasteiger partial charge in [0.05, 0.1) is 6.04 Å². The number of hydrogen-bond donors (Lipinski definition) is 1. The van der Waals surface area contributed by atoms with E-state index in [-0.39, 0.29) is 11.9 Å². The van der Waals surface area contributed by atoms with Gasteiger partial charge in [-0.1, -0.05) is 35.9 Å². The number of imidazole rings is 1. The SMILES string of the molecule is Cn1ccnc1[C@H](NCc1cccc(Cl)c1)c1cccc(F)c1. The van der Waals surface area contributed by atoms with Crippen LogP contribution in [0.25, 0.3) is 0 Å². The number of halogens is 2. The molecule has 0 saturated carbocycles. The molecule has 2 aromatic carbocycles. The third kappa shape index (κ3) is 3.78. The third-order valence-corrected chi connectivity index (χ3v) is 3.93. The number of benzene rings is 2. The van der Waals surface area contributed by atoms with E-state index in [2.05, 4.69) is 10.3 Å². The highest BCUT2D eigenvalue weighted by Crippen LogP contribution is 2.22. The van der Waals surface area contributed by atoms with Crippen LogP contribution < -0.4 is 5.32 Å². The smallest absolute Gasteiger partial charge is 0.130 e. The molecule has 118 valence electrons. The van der Waals surface area contributed by atoms with Crippen LogP contribution in [0.1, 0.15) is 23.0 Å². The molecule has 0 aliphatic rings. The Morgan fingerprint density at radius 2 is 2.04 bits per heavy atom. The zero-order chi connectivity index (χ0) is 16.2. The van der Waals surface area contributed by atoms with Gasteiger partial charge in [0.25, 0.3) is 0 Å². The predicted octanol–water partition coefficient (Wildman–Crippen LogP) is 4.09. The molecule has 3 rings (SSSR count). The van der Waals surface area contributed by atoms with Crippen LogP contribution in [0.15, 0.2) is 60.9 Å². The first-order valence-electron chi connectivity index (χ1n) is 7.34. The molecule has 0 fully saturated rings. The van der Waals surface area contributed by atoms with E-state index in [1.54, 1.807) is 12.3 Å². The molecule has 23 heavy (non-hydrogen) atoms. The Hall–Kier alpha value is -2.17. The lowest BCUT2D eigenvalue weighted by Crippen LogP contribution is -2.25. The molecule has 0 bridgehead atoms. The average molecular weight is 330 g/mol. The van der Waals surface area contributed by atoms with Gasteiger partial charge in [0.1, 0.15) is 11.6 Å². The summed E-state index contributed by atoms with van der Waals surface area (Å²) in [7, 11) is 1.93. The Balaban J connectivity index is 1.88. The second-order valence-corrected chi connectivity index (χ2v) is 5.83. The topological polar surface area (TPSA) is 29.9 Å². The van der Waals surface area contributed by atoms with Gasteiger partial charge in [-0.05, 0) is 35.4 Å².